The van der Waals surface area contributed by atoms with Gasteiger partial charge in [0.05, 0.1) is 0 Å². The van der Waals surface area contributed by atoms with Crippen LogP contribution in [0.25, 0.3) is 28.1 Å². The number of nitrogens with zero attached hydrogens (tertiary/aromatic N) is 5. The molecule has 1 aromatic carbocycles. The molecule has 3 heterocycles. The fourth-order valence-electron chi connectivity index (χ4n) is 3.83. The number of para-hydroxylation sites is 2. The van der Waals surface area contributed by atoms with Crippen LogP contribution in [0.2, 0.25) is 0 Å². The second kappa shape index (κ2) is 5.27. The second-order valence-corrected chi connectivity index (χ2v) is 6.62. The van der Waals surface area contributed by atoms with Crippen molar-refractivity contribution in [3.05, 3.63) is 47.3 Å². The molecule has 7 nitrogen and oxygen atoms in total. The zero-order valence-electron chi connectivity index (χ0n) is 13.8. The molecular formula is C18H17N5O2. The average Bonchev–Trinajstić information content (AvgIpc) is 3.38. The van der Waals surface area contributed by atoms with E-state index in [2.05, 4.69) is 15.1 Å². The van der Waals surface area contributed by atoms with Crippen LogP contribution in [0.1, 0.15) is 43.1 Å². The number of aromatic nitrogens is 5. The average molecular weight is 335 g/mol. The summed E-state index contributed by atoms with van der Waals surface area (Å²) in [5.41, 5.74) is 3.23. The normalized spacial score (nSPS) is 15.6. The van der Waals surface area contributed by atoms with E-state index in [0.29, 0.717) is 34.2 Å². The molecule has 1 aliphatic carbocycles. The monoisotopic (exact) mass is 335 g/mol. The van der Waals surface area contributed by atoms with Gasteiger partial charge in [-0.15, -0.1) is 0 Å². The Hall–Kier alpha value is -2.96. The van der Waals surface area contributed by atoms with E-state index in [0.717, 1.165) is 28.9 Å². The number of aryl methyl sites for hydroxylation is 1. The molecular weight excluding hydrogens is 318 g/mol. The van der Waals surface area contributed by atoms with Gasteiger partial charge < -0.3 is 9.73 Å². The smallest absolute Gasteiger partial charge is 0.279 e. The lowest BCUT2D eigenvalue weighted by atomic mass is 10.1. The third-order valence-corrected chi connectivity index (χ3v) is 5.14. The number of benzene rings is 1. The van der Waals surface area contributed by atoms with E-state index >= 15 is 0 Å². The maximum Gasteiger partial charge on any atom is 0.279 e. The highest BCUT2D eigenvalue weighted by atomic mass is 16.5. The zero-order chi connectivity index (χ0) is 17.0. The Morgan fingerprint density at radius 2 is 2.04 bits per heavy atom. The molecule has 0 N–H and O–H groups in total. The summed E-state index contributed by atoms with van der Waals surface area (Å²) in [6.07, 6.45) is 6.34. The van der Waals surface area contributed by atoms with Crippen molar-refractivity contribution >= 4 is 16.6 Å². The van der Waals surface area contributed by atoms with Gasteiger partial charge in [0, 0.05) is 18.9 Å². The molecule has 126 valence electrons. The fourth-order valence-corrected chi connectivity index (χ4v) is 3.83. The molecule has 25 heavy (non-hydrogen) atoms. The minimum atomic E-state index is 0.373. The van der Waals surface area contributed by atoms with Crippen molar-refractivity contribution < 1.29 is 9.25 Å². The van der Waals surface area contributed by atoms with Gasteiger partial charge in [0.25, 0.3) is 5.89 Å². The topological polar surface area (TPSA) is 83.2 Å². The van der Waals surface area contributed by atoms with Gasteiger partial charge in [0.1, 0.15) is 17.4 Å². The van der Waals surface area contributed by atoms with Crippen molar-refractivity contribution in [1.82, 2.24) is 19.5 Å². The summed E-state index contributed by atoms with van der Waals surface area (Å²) in [6.45, 7) is 1.79. The lowest BCUT2D eigenvalue weighted by Crippen LogP contribution is -2.32. The Kier molecular flexibility index (Phi) is 3.03. The third-order valence-electron chi connectivity index (χ3n) is 5.14. The highest BCUT2D eigenvalue weighted by Crippen LogP contribution is 2.34. The van der Waals surface area contributed by atoms with E-state index in [9.17, 15) is 5.21 Å². The summed E-state index contributed by atoms with van der Waals surface area (Å²) in [4.78, 5) is 9.04. The molecule has 1 fully saturated rings. The molecule has 0 spiro atoms. The Balaban J connectivity index is 1.72. The second-order valence-electron chi connectivity index (χ2n) is 6.62. The van der Waals surface area contributed by atoms with Crippen LogP contribution in [0.5, 0.6) is 0 Å². The van der Waals surface area contributed by atoms with Crippen molar-refractivity contribution in [3.8, 4) is 11.6 Å². The third kappa shape index (κ3) is 2.05. The minimum Gasteiger partial charge on any atom is -0.618 e. The van der Waals surface area contributed by atoms with Crippen molar-refractivity contribution in [2.75, 3.05) is 0 Å². The maximum absolute atomic E-state index is 12.6. The molecule has 3 aromatic heterocycles. The molecule has 0 atom stereocenters. The van der Waals surface area contributed by atoms with Crippen molar-refractivity contribution in [1.29, 1.82) is 0 Å². The minimum absolute atomic E-state index is 0.373. The zero-order valence-corrected chi connectivity index (χ0v) is 13.8. The molecule has 4 aromatic rings. The predicted molar refractivity (Wildman–Crippen MR) is 90.9 cm³/mol. The molecule has 0 bridgehead atoms. The van der Waals surface area contributed by atoms with Crippen LogP contribution >= 0.6 is 0 Å². The quantitative estimate of drug-likeness (QED) is 0.415. The van der Waals surface area contributed by atoms with Crippen molar-refractivity contribution in [2.45, 2.75) is 38.5 Å². The van der Waals surface area contributed by atoms with Crippen LogP contribution in [0, 0.1) is 12.1 Å². The highest BCUT2D eigenvalue weighted by Gasteiger charge is 2.26. The van der Waals surface area contributed by atoms with E-state index in [1.54, 1.807) is 19.3 Å². The lowest BCUT2D eigenvalue weighted by molar-refractivity contribution is -0.583. The summed E-state index contributed by atoms with van der Waals surface area (Å²) in [7, 11) is 0. The summed E-state index contributed by atoms with van der Waals surface area (Å²) in [6, 6.07) is 7.46. The SMILES string of the molecule is Cc1c2c(-c3nc(C4CCCC4)no3)ncn2c2ccccc2[n+]1[O-]. The summed E-state index contributed by atoms with van der Waals surface area (Å²) in [5, 5.41) is 16.8. The van der Waals surface area contributed by atoms with E-state index < -0.39 is 0 Å². The standard InChI is InChI=1S/C18H17N5O2/c1-11-16-15(18-20-17(21-25-18)12-6-2-3-7-12)19-10-22(16)13-8-4-5-9-14(13)23(11)24/h4-5,8-10,12H,2-3,6-7H2,1H3. The van der Waals surface area contributed by atoms with Crippen LogP contribution in [-0.4, -0.2) is 19.5 Å². The van der Waals surface area contributed by atoms with Crippen LogP contribution in [0.4, 0.5) is 0 Å². The van der Waals surface area contributed by atoms with Crippen LogP contribution in [-0.2, 0) is 0 Å². The van der Waals surface area contributed by atoms with Gasteiger partial charge in [0.15, 0.2) is 11.5 Å². The molecule has 1 aliphatic rings. The van der Waals surface area contributed by atoms with E-state index in [4.69, 9.17) is 4.52 Å². The lowest BCUT2D eigenvalue weighted by Gasteiger charge is -2.08. The predicted octanol–water partition coefficient (Wildman–Crippen LogP) is 3.14. The Labute approximate surface area is 143 Å². The van der Waals surface area contributed by atoms with Gasteiger partial charge in [-0.05, 0) is 18.9 Å². The number of rotatable bonds is 2. The maximum atomic E-state index is 12.6. The van der Waals surface area contributed by atoms with Crippen molar-refractivity contribution in [2.24, 2.45) is 0 Å². The summed E-state index contributed by atoms with van der Waals surface area (Å²) < 4.78 is 8.33. The van der Waals surface area contributed by atoms with Gasteiger partial charge >= 0.3 is 0 Å². The van der Waals surface area contributed by atoms with Crippen LogP contribution in [0.3, 0.4) is 0 Å². The first-order valence-corrected chi connectivity index (χ1v) is 8.56. The Morgan fingerprint density at radius 3 is 2.88 bits per heavy atom. The number of hydrogen-bond donors (Lipinski definition) is 0. The molecule has 0 radical (unpaired) electrons. The number of fused-ring (bicyclic) bond motifs is 3. The number of imidazole rings is 1. The molecule has 0 unspecified atom stereocenters. The van der Waals surface area contributed by atoms with Gasteiger partial charge in [-0.1, -0.05) is 30.1 Å². The largest absolute Gasteiger partial charge is 0.618 e. The van der Waals surface area contributed by atoms with E-state index in [-0.39, 0.29) is 0 Å². The molecule has 0 aliphatic heterocycles. The molecule has 7 heteroatoms. The molecule has 5 rings (SSSR count). The van der Waals surface area contributed by atoms with Gasteiger partial charge in [-0.2, -0.15) is 9.71 Å². The highest BCUT2D eigenvalue weighted by molar-refractivity contribution is 5.82. The fraction of sp³-hybridized carbons (Fsp3) is 0.333. The molecule has 1 saturated carbocycles. The Bertz CT molecular complexity index is 1090. The molecule has 0 saturated heterocycles. The first kappa shape index (κ1) is 14.4. The van der Waals surface area contributed by atoms with Gasteiger partial charge in [-0.25, -0.2) is 4.98 Å². The van der Waals surface area contributed by atoms with E-state index in [1.165, 1.54) is 12.8 Å². The van der Waals surface area contributed by atoms with Gasteiger partial charge in [-0.3, -0.25) is 4.40 Å². The number of hydrogen-bond acceptors (Lipinski definition) is 5. The van der Waals surface area contributed by atoms with Crippen LogP contribution in [0.15, 0.2) is 35.1 Å². The van der Waals surface area contributed by atoms with Crippen molar-refractivity contribution in [3.63, 3.8) is 0 Å². The van der Waals surface area contributed by atoms with Crippen LogP contribution < -0.4 is 4.73 Å². The molecule has 0 amide bonds. The Morgan fingerprint density at radius 1 is 1.24 bits per heavy atom. The first-order valence-electron chi connectivity index (χ1n) is 8.56. The summed E-state index contributed by atoms with van der Waals surface area (Å²) in [5.74, 6) is 1.50. The summed E-state index contributed by atoms with van der Waals surface area (Å²) >= 11 is 0. The van der Waals surface area contributed by atoms with Gasteiger partial charge in [0.2, 0.25) is 11.2 Å². The first-order chi connectivity index (χ1) is 12.2. The van der Waals surface area contributed by atoms with E-state index in [1.807, 2.05) is 22.6 Å².